The van der Waals surface area contributed by atoms with Gasteiger partial charge in [0.15, 0.2) is 0 Å². The molecule has 1 aliphatic carbocycles. The third-order valence-electron chi connectivity index (χ3n) is 3.67. The van der Waals surface area contributed by atoms with Crippen LogP contribution in [0.5, 0.6) is 0 Å². The van der Waals surface area contributed by atoms with E-state index in [9.17, 15) is 0 Å². The molecule has 2 rings (SSSR count). The zero-order chi connectivity index (χ0) is 9.31. The summed E-state index contributed by atoms with van der Waals surface area (Å²) < 4.78 is 0. The molecule has 0 atom stereocenters. The smallest absolute Gasteiger partial charge is 0.0971 e. The lowest BCUT2D eigenvalue weighted by Gasteiger charge is -2.41. The fourth-order valence-corrected chi connectivity index (χ4v) is 3.09. The Bertz CT molecular complexity index is 206. The minimum absolute atomic E-state index is 0.607. The second kappa shape index (κ2) is 3.53. The van der Waals surface area contributed by atoms with E-state index in [1.165, 1.54) is 38.5 Å². The summed E-state index contributed by atoms with van der Waals surface area (Å²) in [4.78, 5) is 2.26. The average molecular weight is 200 g/mol. The first-order valence-corrected chi connectivity index (χ1v) is 5.69. The Kier molecular flexibility index (Phi) is 2.55. The summed E-state index contributed by atoms with van der Waals surface area (Å²) >= 11 is 5.95. The van der Waals surface area contributed by atoms with E-state index in [0.29, 0.717) is 5.41 Å². The minimum atomic E-state index is 0.607. The Morgan fingerprint density at radius 1 is 1.15 bits per heavy atom. The Morgan fingerprint density at radius 2 is 1.77 bits per heavy atom. The van der Waals surface area contributed by atoms with Gasteiger partial charge in [0.2, 0.25) is 0 Å². The van der Waals surface area contributed by atoms with E-state index < -0.39 is 0 Å². The molecule has 0 N–H and O–H groups in total. The van der Waals surface area contributed by atoms with Gasteiger partial charge in [0, 0.05) is 13.1 Å². The maximum atomic E-state index is 5.95. The van der Waals surface area contributed by atoms with Crippen LogP contribution in [0.1, 0.15) is 38.5 Å². The second-order valence-corrected chi connectivity index (χ2v) is 5.04. The van der Waals surface area contributed by atoms with Crippen molar-refractivity contribution in [2.45, 2.75) is 38.5 Å². The van der Waals surface area contributed by atoms with Gasteiger partial charge in [-0.3, -0.25) is 0 Å². The van der Waals surface area contributed by atoms with E-state index in [-0.39, 0.29) is 0 Å². The van der Waals surface area contributed by atoms with Crippen molar-refractivity contribution >= 4 is 11.6 Å². The van der Waals surface area contributed by atoms with Gasteiger partial charge in [0.05, 0.1) is 5.16 Å². The van der Waals surface area contributed by atoms with Crippen LogP contribution in [0.25, 0.3) is 0 Å². The van der Waals surface area contributed by atoms with Gasteiger partial charge in [-0.2, -0.15) is 0 Å². The zero-order valence-electron chi connectivity index (χ0n) is 8.19. The molecule has 0 amide bonds. The average Bonchev–Trinajstić information content (AvgIpc) is 2.53. The van der Waals surface area contributed by atoms with E-state index in [1.807, 2.05) is 0 Å². The highest BCUT2D eigenvalue weighted by molar-refractivity contribution is 6.28. The molecule has 2 heteroatoms. The van der Waals surface area contributed by atoms with Crippen LogP contribution >= 0.6 is 11.6 Å². The summed E-state index contributed by atoms with van der Waals surface area (Å²) in [5, 5.41) is 0.742. The summed E-state index contributed by atoms with van der Waals surface area (Å²) in [6, 6.07) is 0. The molecule has 1 saturated heterocycles. The molecule has 0 aromatic carbocycles. The Balaban J connectivity index is 2.02. The van der Waals surface area contributed by atoms with Crippen LogP contribution in [0.4, 0.5) is 0 Å². The van der Waals surface area contributed by atoms with Gasteiger partial charge in [-0.15, -0.1) is 0 Å². The van der Waals surface area contributed by atoms with Gasteiger partial charge in [0.1, 0.15) is 0 Å². The van der Waals surface area contributed by atoms with Crippen LogP contribution in [-0.2, 0) is 0 Å². The highest BCUT2D eigenvalue weighted by atomic mass is 35.5. The molecule has 0 unspecified atom stereocenters. The number of piperidine rings is 1. The van der Waals surface area contributed by atoms with Crippen molar-refractivity contribution in [2.24, 2.45) is 5.41 Å². The Morgan fingerprint density at radius 3 is 2.38 bits per heavy atom. The molecule has 1 aliphatic heterocycles. The number of nitrogens with zero attached hydrogens (tertiary/aromatic N) is 1. The maximum Gasteiger partial charge on any atom is 0.0971 e. The molecule has 1 saturated carbocycles. The molecule has 0 bridgehead atoms. The van der Waals surface area contributed by atoms with Crippen molar-refractivity contribution < 1.29 is 0 Å². The summed E-state index contributed by atoms with van der Waals surface area (Å²) in [7, 11) is 0. The van der Waals surface area contributed by atoms with Crippen molar-refractivity contribution in [1.82, 2.24) is 4.90 Å². The van der Waals surface area contributed by atoms with Gasteiger partial charge in [-0.1, -0.05) is 31.0 Å². The lowest BCUT2D eigenvalue weighted by molar-refractivity contribution is 0.126. The van der Waals surface area contributed by atoms with Crippen LogP contribution in [0.3, 0.4) is 0 Å². The van der Waals surface area contributed by atoms with Crippen LogP contribution < -0.4 is 0 Å². The number of rotatable bonds is 1. The summed E-state index contributed by atoms with van der Waals surface area (Å²) in [6.07, 6.45) is 8.37. The first-order chi connectivity index (χ1) is 6.22. The molecule has 1 nitrogen and oxygen atoms in total. The van der Waals surface area contributed by atoms with Gasteiger partial charge >= 0.3 is 0 Å². The monoisotopic (exact) mass is 199 g/mol. The van der Waals surface area contributed by atoms with E-state index in [1.54, 1.807) is 0 Å². The van der Waals surface area contributed by atoms with Gasteiger partial charge in [-0.05, 0) is 31.1 Å². The molecule has 2 aliphatic rings. The number of halogens is 1. The minimum Gasteiger partial charge on any atom is -0.362 e. The topological polar surface area (TPSA) is 3.24 Å². The summed E-state index contributed by atoms with van der Waals surface area (Å²) in [5.41, 5.74) is 0.607. The first kappa shape index (κ1) is 9.39. The lowest BCUT2D eigenvalue weighted by Crippen LogP contribution is -2.40. The molecule has 13 heavy (non-hydrogen) atoms. The highest BCUT2D eigenvalue weighted by Gasteiger charge is 2.37. The molecule has 1 heterocycles. The zero-order valence-corrected chi connectivity index (χ0v) is 8.95. The number of likely N-dealkylation sites (tertiary alicyclic amines) is 1. The Hall–Kier alpha value is -0.170. The van der Waals surface area contributed by atoms with Crippen LogP contribution in [0.15, 0.2) is 11.7 Å². The largest absolute Gasteiger partial charge is 0.362 e. The molecular weight excluding hydrogens is 182 g/mol. The molecular formula is C11H18ClN. The molecule has 0 radical (unpaired) electrons. The second-order valence-electron chi connectivity index (χ2n) is 4.61. The fourth-order valence-electron chi connectivity index (χ4n) is 2.95. The summed E-state index contributed by atoms with van der Waals surface area (Å²) in [5.74, 6) is 0. The van der Waals surface area contributed by atoms with E-state index in [2.05, 4.69) is 11.5 Å². The van der Waals surface area contributed by atoms with Gasteiger partial charge in [-0.25, -0.2) is 0 Å². The van der Waals surface area contributed by atoms with Gasteiger partial charge < -0.3 is 4.90 Å². The fraction of sp³-hybridized carbons (Fsp3) is 0.818. The Labute approximate surface area is 85.8 Å². The van der Waals surface area contributed by atoms with Crippen molar-refractivity contribution in [2.75, 3.05) is 13.1 Å². The lowest BCUT2D eigenvalue weighted by atomic mass is 9.78. The van der Waals surface area contributed by atoms with E-state index in [0.717, 1.165) is 18.2 Å². The van der Waals surface area contributed by atoms with Crippen molar-refractivity contribution in [3.63, 3.8) is 0 Å². The maximum absolute atomic E-state index is 5.95. The number of hydrogen-bond donors (Lipinski definition) is 0. The predicted octanol–water partition coefficient (Wildman–Crippen LogP) is 3.35. The quantitative estimate of drug-likeness (QED) is 0.586. The van der Waals surface area contributed by atoms with Gasteiger partial charge in [0.25, 0.3) is 0 Å². The van der Waals surface area contributed by atoms with Crippen molar-refractivity contribution in [3.8, 4) is 0 Å². The summed E-state index contributed by atoms with van der Waals surface area (Å²) in [6.45, 7) is 6.10. The van der Waals surface area contributed by atoms with Crippen LogP contribution in [-0.4, -0.2) is 18.0 Å². The normalized spacial score (nSPS) is 26.7. The van der Waals surface area contributed by atoms with Crippen molar-refractivity contribution in [1.29, 1.82) is 0 Å². The van der Waals surface area contributed by atoms with E-state index in [4.69, 9.17) is 11.6 Å². The highest BCUT2D eigenvalue weighted by Crippen LogP contribution is 2.45. The molecule has 0 aromatic heterocycles. The molecule has 2 fully saturated rings. The standard InChI is InChI=1S/C11H18ClN/c1-10(12)13-8-4-7-11(9-13)5-2-3-6-11/h1-9H2. The van der Waals surface area contributed by atoms with E-state index >= 15 is 0 Å². The van der Waals surface area contributed by atoms with Crippen LogP contribution in [0.2, 0.25) is 0 Å². The predicted molar refractivity (Wildman–Crippen MR) is 56.7 cm³/mol. The third-order valence-corrected chi connectivity index (χ3v) is 3.91. The molecule has 1 spiro atoms. The molecule has 0 aromatic rings. The van der Waals surface area contributed by atoms with Crippen LogP contribution in [0, 0.1) is 5.41 Å². The number of hydrogen-bond acceptors (Lipinski definition) is 1. The van der Waals surface area contributed by atoms with Crippen molar-refractivity contribution in [3.05, 3.63) is 11.7 Å². The molecule has 74 valence electrons. The first-order valence-electron chi connectivity index (χ1n) is 5.31. The SMILES string of the molecule is C=C(Cl)N1CCCC2(CCCC2)C1. The third kappa shape index (κ3) is 1.85.